The third kappa shape index (κ3) is 4.38. The Labute approximate surface area is 123 Å². The zero-order chi connectivity index (χ0) is 13.7. The molecule has 0 fully saturated rings. The van der Waals surface area contributed by atoms with Crippen LogP contribution < -0.4 is 11.1 Å². The molecule has 1 aromatic heterocycles. The van der Waals surface area contributed by atoms with Crippen molar-refractivity contribution in [1.29, 1.82) is 0 Å². The lowest BCUT2D eigenvalue weighted by Gasteiger charge is -2.07. The van der Waals surface area contributed by atoms with Crippen LogP contribution in [-0.2, 0) is 4.79 Å². The second kappa shape index (κ2) is 6.74. The molecule has 0 unspecified atom stereocenters. The molecule has 1 heterocycles. The van der Waals surface area contributed by atoms with E-state index in [1.54, 1.807) is 23.7 Å². The molecular weight excluding hydrogens is 304 g/mol. The number of carbonyl (C=O) groups excluding carboxylic acids is 1. The van der Waals surface area contributed by atoms with Crippen molar-refractivity contribution in [2.75, 3.05) is 16.8 Å². The van der Waals surface area contributed by atoms with Crippen molar-refractivity contribution < 1.29 is 4.79 Å². The number of anilines is 2. The zero-order valence-corrected chi connectivity index (χ0v) is 12.2. The lowest BCUT2D eigenvalue weighted by atomic mass is 10.2. The molecule has 0 saturated heterocycles. The third-order valence-electron chi connectivity index (χ3n) is 2.18. The standard InChI is InChI=1S/C11H11ClN4OS2/c12-7-1-2-9(8(13)5-7)15-10(17)3-4-18-11-16-14-6-19-11/h1-2,5-6H,3-4,13H2,(H,15,17). The molecule has 2 aromatic rings. The number of amides is 1. The highest BCUT2D eigenvalue weighted by atomic mass is 35.5. The van der Waals surface area contributed by atoms with Gasteiger partial charge in [0.2, 0.25) is 5.91 Å². The normalized spacial score (nSPS) is 10.4. The predicted octanol–water partition coefficient (Wildman–Crippen LogP) is 2.89. The van der Waals surface area contributed by atoms with Gasteiger partial charge >= 0.3 is 0 Å². The minimum atomic E-state index is -0.0916. The van der Waals surface area contributed by atoms with E-state index in [2.05, 4.69) is 15.5 Å². The van der Waals surface area contributed by atoms with Gasteiger partial charge in [-0.3, -0.25) is 4.79 Å². The SMILES string of the molecule is Nc1cc(Cl)ccc1NC(=O)CCSc1nncs1. The molecule has 0 bridgehead atoms. The van der Waals surface area contributed by atoms with Gasteiger partial charge in [0.05, 0.1) is 11.4 Å². The van der Waals surface area contributed by atoms with Crippen molar-refractivity contribution in [2.45, 2.75) is 10.8 Å². The molecule has 5 nitrogen and oxygen atoms in total. The first-order chi connectivity index (χ1) is 9.15. The van der Waals surface area contributed by atoms with Crippen LogP contribution in [-0.4, -0.2) is 21.9 Å². The number of nitrogen functional groups attached to an aromatic ring is 1. The predicted molar refractivity (Wildman–Crippen MR) is 79.7 cm³/mol. The van der Waals surface area contributed by atoms with Gasteiger partial charge in [-0.25, -0.2) is 0 Å². The molecule has 100 valence electrons. The second-order valence-electron chi connectivity index (χ2n) is 3.58. The molecule has 0 aliphatic heterocycles. The van der Waals surface area contributed by atoms with E-state index in [4.69, 9.17) is 17.3 Å². The molecule has 0 aliphatic carbocycles. The Hall–Kier alpha value is -1.31. The maximum absolute atomic E-state index is 11.7. The van der Waals surface area contributed by atoms with E-state index < -0.39 is 0 Å². The number of nitrogens with zero attached hydrogens (tertiary/aromatic N) is 2. The number of halogens is 1. The summed E-state index contributed by atoms with van der Waals surface area (Å²) in [5.74, 6) is 0.556. The highest BCUT2D eigenvalue weighted by Crippen LogP contribution is 2.23. The Morgan fingerprint density at radius 3 is 3.05 bits per heavy atom. The van der Waals surface area contributed by atoms with E-state index in [0.29, 0.717) is 28.6 Å². The van der Waals surface area contributed by atoms with Crippen molar-refractivity contribution in [3.63, 3.8) is 0 Å². The lowest BCUT2D eigenvalue weighted by molar-refractivity contribution is -0.115. The van der Waals surface area contributed by atoms with Crippen molar-refractivity contribution in [1.82, 2.24) is 10.2 Å². The quantitative estimate of drug-likeness (QED) is 0.655. The van der Waals surface area contributed by atoms with Crippen LogP contribution in [0.15, 0.2) is 28.0 Å². The number of thioether (sulfide) groups is 1. The first kappa shape index (κ1) is 14.1. The molecule has 3 N–H and O–H groups in total. The molecule has 2 rings (SSSR count). The fraction of sp³-hybridized carbons (Fsp3) is 0.182. The van der Waals surface area contributed by atoms with Crippen molar-refractivity contribution in [2.24, 2.45) is 0 Å². The van der Waals surface area contributed by atoms with Gasteiger partial charge in [0.1, 0.15) is 5.51 Å². The first-order valence-corrected chi connectivity index (χ1v) is 7.63. The molecule has 19 heavy (non-hydrogen) atoms. The van der Waals surface area contributed by atoms with Gasteiger partial charge in [0.25, 0.3) is 0 Å². The summed E-state index contributed by atoms with van der Waals surface area (Å²) in [5.41, 5.74) is 8.45. The number of aromatic nitrogens is 2. The fourth-order valence-electron chi connectivity index (χ4n) is 1.32. The summed E-state index contributed by atoms with van der Waals surface area (Å²) in [6.45, 7) is 0. The van der Waals surface area contributed by atoms with Crippen LogP contribution in [0.4, 0.5) is 11.4 Å². The van der Waals surface area contributed by atoms with Gasteiger partial charge < -0.3 is 11.1 Å². The van der Waals surface area contributed by atoms with Crippen LogP contribution in [0.25, 0.3) is 0 Å². The van der Waals surface area contributed by atoms with E-state index in [1.165, 1.54) is 23.1 Å². The molecule has 0 aliphatic rings. The Morgan fingerprint density at radius 1 is 1.53 bits per heavy atom. The zero-order valence-electron chi connectivity index (χ0n) is 9.80. The van der Waals surface area contributed by atoms with E-state index in [0.717, 1.165) is 4.34 Å². The number of hydrogen-bond acceptors (Lipinski definition) is 6. The number of rotatable bonds is 5. The summed E-state index contributed by atoms with van der Waals surface area (Å²) >= 11 is 8.75. The molecule has 0 saturated carbocycles. The van der Waals surface area contributed by atoms with E-state index in [-0.39, 0.29) is 5.91 Å². The van der Waals surface area contributed by atoms with Gasteiger partial charge in [0, 0.05) is 17.2 Å². The van der Waals surface area contributed by atoms with Gasteiger partial charge in [-0.2, -0.15) is 0 Å². The van der Waals surface area contributed by atoms with Crippen molar-refractivity contribution in [3.8, 4) is 0 Å². The van der Waals surface area contributed by atoms with Gasteiger partial charge in [0.15, 0.2) is 4.34 Å². The number of hydrogen-bond donors (Lipinski definition) is 2. The molecule has 0 spiro atoms. The van der Waals surface area contributed by atoms with Crippen LogP contribution in [0.5, 0.6) is 0 Å². The van der Waals surface area contributed by atoms with Crippen LogP contribution in [0.2, 0.25) is 5.02 Å². The largest absolute Gasteiger partial charge is 0.397 e. The minimum absolute atomic E-state index is 0.0916. The van der Waals surface area contributed by atoms with E-state index in [9.17, 15) is 4.79 Å². The van der Waals surface area contributed by atoms with Crippen LogP contribution in [0, 0.1) is 0 Å². The Morgan fingerprint density at radius 2 is 2.37 bits per heavy atom. The summed E-state index contributed by atoms with van der Waals surface area (Å²) in [6.07, 6.45) is 0.381. The van der Waals surface area contributed by atoms with Crippen molar-refractivity contribution in [3.05, 3.63) is 28.7 Å². The third-order valence-corrected chi connectivity index (χ3v) is 4.28. The summed E-state index contributed by atoms with van der Waals surface area (Å²) in [7, 11) is 0. The maximum Gasteiger partial charge on any atom is 0.225 e. The van der Waals surface area contributed by atoms with E-state index >= 15 is 0 Å². The minimum Gasteiger partial charge on any atom is -0.397 e. The molecule has 8 heteroatoms. The topological polar surface area (TPSA) is 80.9 Å². The lowest BCUT2D eigenvalue weighted by Crippen LogP contribution is -2.13. The Bertz CT molecular complexity index is 562. The number of nitrogens with two attached hydrogens (primary N) is 1. The molecule has 1 amide bonds. The van der Waals surface area contributed by atoms with Crippen LogP contribution in [0.1, 0.15) is 6.42 Å². The summed E-state index contributed by atoms with van der Waals surface area (Å²) in [6, 6.07) is 4.98. The van der Waals surface area contributed by atoms with Gasteiger partial charge in [-0.05, 0) is 18.2 Å². The van der Waals surface area contributed by atoms with Crippen molar-refractivity contribution >= 4 is 52.0 Å². The maximum atomic E-state index is 11.7. The first-order valence-electron chi connectivity index (χ1n) is 5.39. The monoisotopic (exact) mass is 314 g/mol. The molecule has 1 aromatic carbocycles. The van der Waals surface area contributed by atoms with Gasteiger partial charge in [-0.1, -0.05) is 34.7 Å². The fourth-order valence-corrected chi connectivity index (χ4v) is 2.99. The van der Waals surface area contributed by atoms with Crippen LogP contribution in [0.3, 0.4) is 0 Å². The molecular formula is C11H11ClN4OS2. The summed E-state index contributed by atoms with van der Waals surface area (Å²) in [4.78, 5) is 11.7. The molecule has 0 atom stereocenters. The average molecular weight is 315 g/mol. The Kier molecular flexibility index (Phi) is 5.00. The molecule has 0 radical (unpaired) electrons. The van der Waals surface area contributed by atoms with Gasteiger partial charge in [-0.15, -0.1) is 10.2 Å². The summed E-state index contributed by atoms with van der Waals surface area (Å²) in [5, 5.41) is 10.9. The Balaban J connectivity index is 1.80. The van der Waals surface area contributed by atoms with E-state index in [1.807, 2.05) is 0 Å². The second-order valence-corrected chi connectivity index (χ2v) is 6.19. The summed E-state index contributed by atoms with van der Waals surface area (Å²) < 4.78 is 0.860. The smallest absolute Gasteiger partial charge is 0.225 e. The highest BCUT2D eigenvalue weighted by molar-refractivity contribution is 8.01. The van der Waals surface area contributed by atoms with Crippen LogP contribution >= 0.6 is 34.7 Å². The highest BCUT2D eigenvalue weighted by Gasteiger charge is 2.06. The number of carbonyl (C=O) groups is 1. The number of nitrogens with one attached hydrogen (secondary N) is 1. The average Bonchev–Trinajstić information content (AvgIpc) is 2.86. The number of benzene rings is 1.